The second kappa shape index (κ2) is 2.93. The molecule has 0 bridgehead atoms. The molecular formula is C10H9NO2S. The number of aryl methyl sites for hydroxylation is 1. The van der Waals surface area contributed by atoms with Gasteiger partial charge in [-0.2, -0.15) is 0 Å². The van der Waals surface area contributed by atoms with E-state index in [-0.39, 0.29) is 6.61 Å². The molecular weight excluding hydrogens is 198 g/mol. The van der Waals surface area contributed by atoms with E-state index in [0.29, 0.717) is 5.69 Å². The lowest BCUT2D eigenvalue weighted by molar-refractivity contribution is 0.266. The highest BCUT2D eigenvalue weighted by Crippen LogP contribution is 2.37. The Balaban J connectivity index is 2.22. The Morgan fingerprint density at radius 2 is 2.43 bits per heavy atom. The molecule has 0 aromatic carbocycles. The van der Waals surface area contributed by atoms with Crippen LogP contribution in [0.4, 0.5) is 0 Å². The molecule has 0 amide bonds. The van der Waals surface area contributed by atoms with E-state index >= 15 is 0 Å². The molecule has 1 aliphatic carbocycles. The van der Waals surface area contributed by atoms with Crippen LogP contribution in [0.1, 0.15) is 16.1 Å². The van der Waals surface area contributed by atoms with Crippen LogP contribution in [-0.4, -0.2) is 10.3 Å². The fraction of sp³-hybridized carbons (Fsp3) is 0.300. The molecule has 2 aromatic heterocycles. The quantitative estimate of drug-likeness (QED) is 0.777. The lowest BCUT2D eigenvalue weighted by Crippen LogP contribution is -2.01. The van der Waals surface area contributed by atoms with Gasteiger partial charge in [-0.05, 0) is 24.3 Å². The van der Waals surface area contributed by atoms with Crippen molar-refractivity contribution in [2.24, 2.45) is 0 Å². The monoisotopic (exact) mass is 207 g/mol. The number of fused-ring (bicyclic) bond motifs is 3. The molecule has 0 saturated heterocycles. The number of thiophene rings is 1. The van der Waals surface area contributed by atoms with Gasteiger partial charge in [0.15, 0.2) is 5.76 Å². The van der Waals surface area contributed by atoms with Crippen molar-refractivity contribution in [3.05, 3.63) is 27.6 Å². The maximum Gasteiger partial charge on any atom is 0.171 e. The molecule has 1 N–H and O–H groups in total. The summed E-state index contributed by atoms with van der Waals surface area (Å²) in [5, 5.41) is 15.0. The maximum absolute atomic E-state index is 9.06. The average Bonchev–Trinajstić information content (AvgIpc) is 2.82. The molecule has 2 aromatic rings. The molecule has 0 radical (unpaired) electrons. The third-order valence-electron chi connectivity index (χ3n) is 2.61. The van der Waals surface area contributed by atoms with Crippen molar-refractivity contribution in [2.75, 3.05) is 0 Å². The van der Waals surface area contributed by atoms with Gasteiger partial charge in [-0.3, -0.25) is 0 Å². The first-order valence-corrected chi connectivity index (χ1v) is 5.43. The highest BCUT2D eigenvalue weighted by Gasteiger charge is 2.24. The fourth-order valence-electron chi connectivity index (χ4n) is 1.91. The van der Waals surface area contributed by atoms with Crippen molar-refractivity contribution < 1.29 is 9.63 Å². The van der Waals surface area contributed by atoms with Gasteiger partial charge in [-0.15, -0.1) is 11.3 Å². The van der Waals surface area contributed by atoms with E-state index in [4.69, 9.17) is 9.63 Å². The Morgan fingerprint density at radius 3 is 3.29 bits per heavy atom. The summed E-state index contributed by atoms with van der Waals surface area (Å²) in [5.74, 6) is 0.858. The molecule has 0 aliphatic heterocycles. The van der Waals surface area contributed by atoms with Crippen molar-refractivity contribution in [3.63, 3.8) is 0 Å². The smallest absolute Gasteiger partial charge is 0.171 e. The van der Waals surface area contributed by atoms with Crippen molar-refractivity contribution in [1.82, 2.24) is 5.16 Å². The lowest BCUT2D eigenvalue weighted by atomic mass is 9.96. The molecule has 3 rings (SSSR count). The van der Waals surface area contributed by atoms with Gasteiger partial charge in [0.2, 0.25) is 0 Å². The summed E-state index contributed by atoms with van der Waals surface area (Å²) in [5.41, 5.74) is 2.93. The number of aromatic nitrogens is 1. The van der Waals surface area contributed by atoms with Crippen LogP contribution < -0.4 is 0 Å². The van der Waals surface area contributed by atoms with Gasteiger partial charge in [0.1, 0.15) is 5.69 Å². The topological polar surface area (TPSA) is 46.3 Å². The number of hydrogen-bond donors (Lipinski definition) is 1. The summed E-state index contributed by atoms with van der Waals surface area (Å²) in [6.07, 6.45) is 1.97. The normalized spacial score (nSPS) is 13.8. The maximum atomic E-state index is 9.06. The van der Waals surface area contributed by atoms with Crippen molar-refractivity contribution in [2.45, 2.75) is 19.4 Å². The SMILES string of the molecule is OCc1noc2c1CCc1sccc1-2. The first-order chi connectivity index (χ1) is 6.90. The van der Waals surface area contributed by atoms with Crippen LogP contribution in [0.5, 0.6) is 0 Å². The standard InChI is InChI=1S/C10H9NO2S/c12-5-8-6-1-2-9-7(3-4-14-9)10(6)13-11-8/h3-4,12H,1-2,5H2. The first-order valence-electron chi connectivity index (χ1n) is 4.55. The van der Waals surface area contributed by atoms with Crippen LogP contribution in [0.25, 0.3) is 11.3 Å². The lowest BCUT2D eigenvalue weighted by Gasteiger charge is -2.09. The third-order valence-corrected chi connectivity index (χ3v) is 3.59. The predicted octanol–water partition coefficient (Wildman–Crippen LogP) is 1.99. The summed E-state index contributed by atoms with van der Waals surface area (Å²) >= 11 is 1.76. The number of nitrogens with zero attached hydrogens (tertiary/aromatic N) is 1. The van der Waals surface area contributed by atoms with Crippen LogP contribution in [0.3, 0.4) is 0 Å². The van der Waals surface area contributed by atoms with Crippen LogP contribution >= 0.6 is 11.3 Å². The van der Waals surface area contributed by atoms with Gasteiger partial charge in [-0.1, -0.05) is 5.16 Å². The van der Waals surface area contributed by atoms with Gasteiger partial charge < -0.3 is 9.63 Å². The first kappa shape index (κ1) is 8.20. The molecule has 72 valence electrons. The third kappa shape index (κ3) is 0.980. The molecule has 3 nitrogen and oxygen atoms in total. The van der Waals surface area contributed by atoms with E-state index in [2.05, 4.69) is 16.6 Å². The van der Waals surface area contributed by atoms with E-state index in [1.54, 1.807) is 11.3 Å². The Bertz CT molecular complexity index is 472. The fourth-order valence-corrected chi connectivity index (χ4v) is 2.79. The Morgan fingerprint density at radius 1 is 1.50 bits per heavy atom. The van der Waals surface area contributed by atoms with E-state index < -0.39 is 0 Å². The largest absolute Gasteiger partial charge is 0.390 e. The highest BCUT2D eigenvalue weighted by molar-refractivity contribution is 7.10. The number of rotatable bonds is 1. The van der Waals surface area contributed by atoms with Crippen LogP contribution in [0.15, 0.2) is 16.0 Å². The van der Waals surface area contributed by atoms with E-state index in [1.807, 2.05) is 0 Å². The van der Waals surface area contributed by atoms with Gasteiger partial charge >= 0.3 is 0 Å². The van der Waals surface area contributed by atoms with E-state index in [0.717, 1.165) is 29.7 Å². The minimum atomic E-state index is -0.0295. The van der Waals surface area contributed by atoms with E-state index in [9.17, 15) is 0 Å². The minimum Gasteiger partial charge on any atom is -0.390 e. The summed E-state index contributed by atoms with van der Waals surface area (Å²) in [6, 6.07) is 2.06. The Kier molecular flexibility index (Phi) is 1.72. The molecule has 0 saturated carbocycles. The molecule has 0 unspecified atom stereocenters. The zero-order chi connectivity index (χ0) is 9.54. The van der Waals surface area contributed by atoms with E-state index in [1.165, 1.54) is 4.88 Å². The molecule has 0 fully saturated rings. The molecule has 4 heteroatoms. The number of aliphatic hydroxyl groups is 1. The number of hydrogen-bond acceptors (Lipinski definition) is 4. The number of aliphatic hydroxyl groups excluding tert-OH is 1. The van der Waals surface area contributed by atoms with Crippen molar-refractivity contribution >= 4 is 11.3 Å². The van der Waals surface area contributed by atoms with Crippen molar-refractivity contribution in [3.8, 4) is 11.3 Å². The van der Waals surface area contributed by atoms with Crippen LogP contribution in [0.2, 0.25) is 0 Å². The van der Waals surface area contributed by atoms with Crippen LogP contribution in [0, 0.1) is 0 Å². The second-order valence-electron chi connectivity index (χ2n) is 3.35. The Hall–Kier alpha value is -1.13. The average molecular weight is 207 g/mol. The second-order valence-corrected chi connectivity index (χ2v) is 4.35. The zero-order valence-electron chi connectivity index (χ0n) is 7.49. The molecule has 14 heavy (non-hydrogen) atoms. The molecule has 0 atom stereocenters. The summed E-state index contributed by atoms with van der Waals surface area (Å²) in [4.78, 5) is 1.36. The summed E-state index contributed by atoms with van der Waals surface area (Å²) in [6.45, 7) is -0.0295. The van der Waals surface area contributed by atoms with Gasteiger partial charge in [0.25, 0.3) is 0 Å². The summed E-state index contributed by atoms with van der Waals surface area (Å²) < 4.78 is 5.26. The molecule has 1 aliphatic rings. The van der Waals surface area contributed by atoms with Crippen LogP contribution in [-0.2, 0) is 19.4 Å². The summed E-state index contributed by atoms with van der Waals surface area (Å²) in [7, 11) is 0. The zero-order valence-corrected chi connectivity index (χ0v) is 8.30. The highest BCUT2D eigenvalue weighted by atomic mass is 32.1. The Labute approximate surface area is 85.0 Å². The minimum absolute atomic E-state index is 0.0295. The van der Waals surface area contributed by atoms with Gasteiger partial charge in [0, 0.05) is 16.0 Å². The molecule has 2 heterocycles. The van der Waals surface area contributed by atoms with Gasteiger partial charge in [-0.25, -0.2) is 0 Å². The van der Waals surface area contributed by atoms with Gasteiger partial charge in [0.05, 0.1) is 6.61 Å². The predicted molar refractivity (Wildman–Crippen MR) is 53.1 cm³/mol. The van der Waals surface area contributed by atoms with Crippen molar-refractivity contribution in [1.29, 1.82) is 0 Å². The molecule has 0 spiro atoms.